The number of hydrogen-bond donors (Lipinski definition) is 1. The molecule has 2 heterocycles. The largest absolute Gasteiger partial charge is 0.391 e. The summed E-state index contributed by atoms with van der Waals surface area (Å²) in [4.78, 5) is 22.6. The molecule has 152 valence electrons. The summed E-state index contributed by atoms with van der Waals surface area (Å²) in [6, 6.07) is 14.0. The van der Waals surface area contributed by atoms with E-state index < -0.39 is 6.10 Å². The van der Waals surface area contributed by atoms with E-state index in [1.807, 2.05) is 43.5 Å². The van der Waals surface area contributed by atoms with Crippen LogP contribution < -0.4 is 5.56 Å². The maximum Gasteiger partial charge on any atom is 0.261 e. The molecule has 1 saturated carbocycles. The van der Waals surface area contributed by atoms with Crippen molar-refractivity contribution in [3.05, 3.63) is 82.2 Å². The number of nitrogens with zero attached hydrogens (tertiary/aromatic N) is 3. The lowest BCUT2D eigenvalue weighted by atomic mass is 9.92. The van der Waals surface area contributed by atoms with Crippen molar-refractivity contribution in [1.29, 1.82) is 0 Å². The monoisotopic (exact) mass is 399 g/mol. The molecule has 2 atom stereocenters. The van der Waals surface area contributed by atoms with Crippen LogP contribution >= 0.6 is 0 Å². The SMILES string of the molecule is Cc1ccc(Cc2cc3c(=O)n([C@H]4CCCCC4O)cnc3c3ccccc23)cn1. The van der Waals surface area contributed by atoms with E-state index in [4.69, 9.17) is 0 Å². The molecule has 5 nitrogen and oxygen atoms in total. The van der Waals surface area contributed by atoms with Crippen molar-refractivity contribution >= 4 is 21.7 Å². The number of benzene rings is 2. The minimum atomic E-state index is -0.491. The first-order valence-corrected chi connectivity index (χ1v) is 10.6. The van der Waals surface area contributed by atoms with E-state index in [0.717, 1.165) is 58.8 Å². The maximum atomic E-state index is 13.5. The quantitative estimate of drug-likeness (QED) is 0.521. The lowest BCUT2D eigenvalue weighted by Crippen LogP contribution is -2.34. The molecule has 0 radical (unpaired) electrons. The second-order valence-corrected chi connectivity index (χ2v) is 8.34. The summed E-state index contributed by atoms with van der Waals surface area (Å²) >= 11 is 0. The molecule has 4 aromatic rings. The van der Waals surface area contributed by atoms with Crippen molar-refractivity contribution in [1.82, 2.24) is 14.5 Å². The molecule has 0 bridgehead atoms. The molecule has 30 heavy (non-hydrogen) atoms. The van der Waals surface area contributed by atoms with Gasteiger partial charge in [0.1, 0.15) is 0 Å². The van der Waals surface area contributed by atoms with Gasteiger partial charge in [0, 0.05) is 17.3 Å². The molecule has 2 aromatic heterocycles. The van der Waals surface area contributed by atoms with Gasteiger partial charge in [-0.1, -0.05) is 43.2 Å². The molecule has 1 unspecified atom stereocenters. The number of rotatable bonds is 3. The number of aryl methyl sites for hydroxylation is 1. The van der Waals surface area contributed by atoms with Gasteiger partial charge in [-0.05, 0) is 54.8 Å². The highest BCUT2D eigenvalue weighted by Crippen LogP contribution is 2.30. The Labute approximate surface area is 175 Å². The number of hydrogen-bond acceptors (Lipinski definition) is 4. The zero-order valence-electron chi connectivity index (χ0n) is 17.1. The Bertz CT molecular complexity index is 1280. The van der Waals surface area contributed by atoms with Crippen LogP contribution in [-0.4, -0.2) is 25.7 Å². The fourth-order valence-corrected chi connectivity index (χ4v) is 4.67. The van der Waals surface area contributed by atoms with Crippen LogP contribution in [0.4, 0.5) is 0 Å². The third kappa shape index (κ3) is 3.29. The number of aromatic nitrogens is 3. The van der Waals surface area contributed by atoms with Crippen molar-refractivity contribution in [3.63, 3.8) is 0 Å². The van der Waals surface area contributed by atoms with E-state index in [1.54, 1.807) is 10.9 Å². The summed E-state index contributed by atoms with van der Waals surface area (Å²) in [7, 11) is 0. The first kappa shape index (κ1) is 18.9. The summed E-state index contributed by atoms with van der Waals surface area (Å²) < 4.78 is 1.65. The zero-order valence-corrected chi connectivity index (χ0v) is 17.1. The average Bonchev–Trinajstić information content (AvgIpc) is 2.77. The highest BCUT2D eigenvalue weighted by atomic mass is 16.3. The van der Waals surface area contributed by atoms with Gasteiger partial charge in [0.2, 0.25) is 0 Å². The maximum absolute atomic E-state index is 13.5. The highest BCUT2D eigenvalue weighted by molar-refractivity contribution is 6.06. The average molecular weight is 399 g/mol. The van der Waals surface area contributed by atoms with Crippen molar-refractivity contribution in [2.24, 2.45) is 0 Å². The van der Waals surface area contributed by atoms with Crippen LogP contribution in [0.3, 0.4) is 0 Å². The first-order chi connectivity index (χ1) is 14.6. The fraction of sp³-hybridized carbons (Fsp3) is 0.320. The van der Waals surface area contributed by atoms with Crippen molar-refractivity contribution in [3.8, 4) is 0 Å². The highest BCUT2D eigenvalue weighted by Gasteiger charge is 2.26. The van der Waals surface area contributed by atoms with Crippen LogP contribution in [0.25, 0.3) is 21.7 Å². The Balaban J connectivity index is 1.70. The van der Waals surface area contributed by atoms with Gasteiger partial charge in [0.25, 0.3) is 5.56 Å². The summed E-state index contributed by atoms with van der Waals surface area (Å²) in [6.45, 7) is 1.98. The molecule has 5 rings (SSSR count). The summed E-state index contributed by atoms with van der Waals surface area (Å²) in [6.07, 6.45) is 7.30. The van der Waals surface area contributed by atoms with E-state index in [9.17, 15) is 9.90 Å². The Kier molecular flexibility index (Phi) is 4.83. The third-order valence-corrected chi connectivity index (χ3v) is 6.30. The number of pyridine rings is 1. The van der Waals surface area contributed by atoms with E-state index >= 15 is 0 Å². The standard InChI is InChI=1S/C25H25N3O2/c1-16-10-11-17(14-26-16)12-18-13-21-24(20-7-3-2-6-19(18)20)27-15-28(25(21)30)22-8-4-5-9-23(22)29/h2-3,6-7,10-11,13-15,22-23,29H,4-5,8-9,12H2,1H3/t22-,23?/m0/s1. The normalized spacial score (nSPS) is 19.4. The number of aliphatic hydroxyl groups excluding tert-OH is 1. The molecule has 1 fully saturated rings. The van der Waals surface area contributed by atoms with Crippen LogP contribution in [-0.2, 0) is 6.42 Å². The van der Waals surface area contributed by atoms with Crippen LogP contribution in [0, 0.1) is 6.92 Å². The predicted octanol–water partition coefficient (Wildman–Crippen LogP) is 4.32. The molecule has 0 aliphatic heterocycles. The third-order valence-electron chi connectivity index (χ3n) is 6.30. The molecule has 2 aromatic carbocycles. The first-order valence-electron chi connectivity index (χ1n) is 10.6. The molecule has 0 amide bonds. The molecular formula is C25H25N3O2. The molecule has 1 N–H and O–H groups in total. The van der Waals surface area contributed by atoms with Gasteiger partial charge in [0.15, 0.2) is 0 Å². The van der Waals surface area contributed by atoms with Gasteiger partial charge in [-0.15, -0.1) is 0 Å². The minimum absolute atomic E-state index is 0.0695. The molecule has 1 aliphatic rings. The number of aliphatic hydroxyl groups is 1. The van der Waals surface area contributed by atoms with E-state index in [-0.39, 0.29) is 11.6 Å². The van der Waals surface area contributed by atoms with Gasteiger partial charge in [0.05, 0.1) is 29.4 Å². The smallest absolute Gasteiger partial charge is 0.261 e. The van der Waals surface area contributed by atoms with Crippen LogP contribution in [0.5, 0.6) is 0 Å². The Morgan fingerprint density at radius 1 is 1.03 bits per heavy atom. The van der Waals surface area contributed by atoms with Crippen LogP contribution in [0.1, 0.15) is 48.5 Å². The second kappa shape index (κ2) is 7.65. The van der Waals surface area contributed by atoms with Crippen LogP contribution in [0.2, 0.25) is 0 Å². The van der Waals surface area contributed by atoms with E-state index in [1.165, 1.54) is 0 Å². The fourth-order valence-electron chi connectivity index (χ4n) is 4.67. The van der Waals surface area contributed by atoms with Crippen molar-refractivity contribution in [2.45, 2.75) is 51.2 Å². The Hall–Kier alpha value is -3.05. The molecule has 5 heteroatoms. The second-order valence-electron chi connectivity index (χ2n) is 8.34. The summed E-state index contributed by atoms with van der Waals surface area (Å²) in [5.74, 6) is 0. The van der Waals surface area contributed by atoms with Gasteiger partial charge in [-0.25, -0.2) is 4.98 Å². The lowest BCUT2D eigenvalue weighted by Gasteiger charge is -2.29. The van der Waals surface area contributed by atoms with Gasteiger partial charge >= 0.3 is 0 Å². The van der Waals surface area contributed by atoms with Crippen molar-refractivity contribution in [2.75, 3.05) is 0 Å². The lowest BCUT2D eigenvalue weighted by molar-refractivity contribution is 0.0735. The Morgan fingerprint density at radius 3 is 2.60 bits per heavy atom. The minimum Gasteiger partial charge on any atom is -0.391 e. The molecule has 0 saturated heterocycles. The van der Waals surface area contributed by atoms with Crippen LogP contribution in [0.15, 0.2) is 59.8 Å². The van der Waals surface area contributed by atoms with Gasteiger partial charge in [-0.3, -0.25) is 14.3 Å². The zero-order chi connectivity index (χ0) is 20.7. The van der Waals surface area contributed by atoms with Gasteiger partial charge in [-0.2, -0.15) is 0 Å². The number of fused-ring (bicyclic) bond motifs is 3. The topological polar surface area (TPSA) is 68.0 Å². The molecule has 0 spiro atoms. The van der Waals surface area contributed by atoms with E-state index in [0.29, 0.717) is 11.8 Å². The van der Waals surface area contributed by atoms with E-state index in [2.05, 4.69) is 22.1 Å². The summed E-state index contributed by atoms with van der Waals surface area (Å²) in [5.41, 5.74) is 3.84. The van der Waals surface area contributed by atoms with Crippen molar-refractivity contribution < 1.29 is 5.11 Å². The summed E-state index contributed by atoms with van der Waals surface area (Å²) in [5, 5.41) is 13.2. The predicted molar refractivity (Wildman–Crippen MR) is 119 cm³/mol. The Morgan fingerprint density at radius 2 is 1.83 bits per heavy atom. The van der Waals surface area contributed by atoms with Gasteiger partial charge < -0.3 is 5.11 Å². The molecular weight excluding hydrogens is 374 g/mol. The molecule has 1 aliphatic carbocycles.